The van der Waals surface area contributed by atoms with Crippen LogP contribution in [0.4, 0.5) is 5.69 Å². The van der Waals surface area contributed by atoms with Gasteiger partial charge in [0.05, 0.1) is 27.4 Å². The first-order valence-corrected chi connectivity index (χ1v) is 6.92. The van der Waals surface area contributed by atoms with Gasteiger partial charge in [0.1, 0.15) is 0 Å². The van der Waals surface area contributed by atoms with E-state index in [-0.39, 0.29) is 21.8 Å². The van der Waals surface area contributed by atoms with Gasteiger partial charge >= 0.3 is 11.9 Å². The number of nitrogens with one attached hydrogen (secondary N) is 1. The van der Waals surface area contributed by atoms with Gasteiger partial charge in [0.15, 0.2) is 0 Å². The van der Waals surface area contributed by atoms with Gasteiger partial charge in [-0.3, -0.25) is 4.79 Å². The molecule has 6 nitrogen and oxygen atoms in total. The highest BCUT2D eigenvalue weighted by atomic mass is 35.5. The number of hydrogen-bond donors (Lipinski definition) is 3. The number of rotatable bonds is 4. The number of carboxylic acid groups (broad SMARTS) is 2. The molecule has 0 aliphatic heterocycles. The third-order valence-electron chi connectivity index (χ3n) is 2.92. The Balaban J connectivity index is 2.41. The Kier molecular flexibility index (Phi) is 4.88. The summed E-state index contributed by atoms with van der Waals surface area (Å²) in [4.78, 5) is 34.4. The Morgan fingerprint density at radius 2 is 1.57 bits per heavy atom. The molecule has 0 aliphatic carbocycles. The van der Waals surface area contributed by atoms with Crippen LogP contribution < -0.4 is 5.32 Å². The second kappa shape index (κ2) is 6.68. The van der Waals surface area contributed by atoms with Gasteiger partial charge in [0.25, 0.3) is 5.91 Å². The van der Waals surface area contributed by atoms with Crippen molar-refractivity contribution >= 4 is 46.7 Å². The Morgan fingerprint density at radius 1 is 0.870 bits per heavy atom. The number of carboxylic acids is 2. The largest absolute Gasteiger partial charge is 0.478 e. The van der Waals surface area contributed by atoms with E-state index >= 15 is 0 Å². The lowest BCUT2D eigenvalue weighted by molar-refractivity contribution is 0.0692. The smallest absolute Gasteiger partial charge is 0.336 e. The molecule has 0 aliphatic rings. The van der Waals surface area contributed by atoms with Crippen molar-refractivity contribution in [3.63, 3.8) is 0 Å². The van der Waals surface area contributed by atoms with Crippen molar-refractivity contribution in [2.45, 2.75) is 0 Å². The fraction of sp³-hybridized carbons (Fsp3) is 0. The van der Waals surface area contributed by atoms with Crippen molar-refractivity contribution in [1.82, 2.24) is 0 Å². The summed E-state index contributed by atoms with van der Waals surface area (Å²) in [7, 11) is 0. The van der Waals surface area contributed by atoms with Crippen LogP contribution in [0.2, 0.25) is 10.0 Å². The van der Waals surface area contributed by atoms with E-state index in [1.54, 1.807) is 0 Å². The molecule has 8 heteroatoms. The predicted molar refractivity (Wildman–Crippen MR) is 84.8 cm³/mol. The molecule has 0 aromatic heterocycles. The van der Waals surface area contributed by atoms with E-state index in [4.69, 9.17) is 33.4 Å². The van der Waals surface area contributed by atoms with Gasteiger partial charge in [-0.1, -0.05) is 23.2 Å². The van der Waals surface area contributed by atoms with Gasteiger partial charge in [-0.2, -0.15) is 0 Å². The van der Waals surface area contributed by atoms with Crippen LogP contribution in [0, 0.1) is 0 Å². The minimum atomic E-state index is -1.42. The van der Waals surface area contributed by atoms with Crippen LogP contribution in [0.1, 0.15) is 31.1 Å². The summed E-state index contributed by atoms with van der Waals surface area (Å²) in [6, 6.07) is 7.60. The van der Waals surface area contributed by atoms with Crippen molar-refractivity contribution in [2.24, 2.45) is 0 Å². The summed E-state index contributed by atoms with van der Waals surface area (Å²) in [5.41, 5.74) is -0.651. The highest BCUT2D eigenvalue weighted by molar-refractivity contribution is 6.36. The molecule has 0 atom stereocenters. The molecule has 0 heterocycles. The lowest BCUT2D eigenvalue weighted by Gasteiger charge is -2.10. The normalized spacial score (nSPS) is 10.2. The van der Waals surface area contributed by atoms with E-state index in [0.717, 1.165) is 18.2 Å². The van der Waals surface area contributed by atoms with Gasteiger partial charge in [-0.15, -0.1) is 0 Å². The summed E-state index contributed by atoms with van der Waals surface area (Å²) in [5.74, 6) is -3.46. The molecule has 2 rings (SSSR count). The predicted octanol–water partition coefficient (Wildman–Crippen LogP) is 3.64. The second-order valence-corrected chi connectivity index (χ2v) is 5.29. The summed E-state index contributed by atoms with van der Waals surface area (Å²) in [6.45, 7) is 0. The third-order valence-corrected chi connectivity index (χ3v) is 3.48. The molecule has 118 valence electrons. The summed E-state index contributed by atoms with van der Waals surface area (Å²) in [6.07, 6.45) is 0. The molecule has 0 saturated carbocycles. The van der Waals surface area contributed by atoms with Gasteiger partial charge in [0, 0.05) is 5.02 Å². The average molecular weight is 354 g/mol. The molecule has 0 fully saturated rings. The van der Waals surface area contributed by atoms with E-state index < -0.39 is 23.4 Å². The maximum Gasteiger partial charge on any atom is 0.336 e. The Hall–Kier alpha value is -2.57. The maximum absolute atomic E-state index is 12.3. The van der Waals surface area contributed by atoms with Crippen LogP contribution in [-0.2, 0) is 0 Å². The zero-order valence-electron chi connectivity index (χ0n) is 11.3. The van der Waals surface area contributed by atoms with E-state index in [1.165, 1.54) is 18.2 Å². The SMILES string of the molecule is O=C(O)c1ccc(C(=O)Nc2cc(Cl)ccc2Cl)c(C(=O)O)c1. The van der Waals surface area contributed by atoms with E-state index in [2.05, 4.69) is 5.32 Å². The number of anilines is 1. The summed E-state index contributed by atoms with van der Waals surface area (Å²) < 4.78 is 0. The minimum Gasteiger partial charge on any atom is -0.478 e. The fourth-order valence-corrected chi connectivity index (χ4v) is 2.17. The van der Waals surface area contributed by atoms with Crippen LogP contribution in [0.25, 0.3) is 0 Å². The zero-order valence-corrected chi connectivity index (χ0v) is 12.9. The van der Waals surface area contributed by atoms with E-state index in [1.807, 2.05) is 0 Å². The molecule has 2 aromatic rings. The first-order valence-electron chi connectivity index (χ1n) is 6.16. The minimum absolute atomic E-state index is 0.196. The second-order valence-electron chi connectivity index (χ2n) is 4.45. The first kappa shape index (κ1) is 16.8. The first-order chi connectivity index (χ1) is 10.8. The van der Waals surface area contributed by atoms with E-state index in [0.29, 0.717) is 5.02 Å². The molecule has 2 aromatic carbocycles. The van der Waals surface area contributed by atoms with Crippen molar-refractivity contribution in [2.75, 3.05) is 5.32 Å². The fourth-order valence-electron chi connectivity index (χ4n) is 1.84. The number of amides is 1. The van der Waals surface area contributed by atoms with Gasteiger partial charge in [-0.05, 0) is 36.4 Å². The molecule has 0 radical (unpaired) electrons. The standard InChI is InChI=1S/C15H9Cl2NO5/c16-8-2-4-11(17)12(6-8)18-13(19)9-3-1-7(14(20)21)5-10(9)15(22)23/h1-6H,(H,18,19)(H,20,21)(H,22,23). The van der Waals surface area contributed by atoms with Gasteiger partial charge in [-0.25, -0.2) is 9.59 Å². The Bertz CT molecular complexity index is 820. The Morgan fingerprint density at radius 3 is 2.17 bits per heavy atom. The molecule has 1 amide bonds. The van der Waals surface area contributed by atoms with Crippen LogP contribution in [0.3, 0.4) is 0 Å². The van der Waals surface area contributed by atoms with Crippen LogP contribution in [0.5, 0.6) is 0 Å². The van der Waals surface area contributed by atoms with Crippen molar-refractivity contribution in [1.29, 1.82) is 0 Å². The molecule has 0 spiro atoms. The lowest BCUT2D eigenvalue weighted by Crippen LogP contribution is -2.17. The number of hydrogen-bond acceptors (Lipinski definition) is 3. The maximum atomic E-state index is 12.3. The van der Waals surface area contributed by atoms with Crippen molar-refractivity contribution in [3.05, 3.63) is 63.1 Å². The van der Waals surface area contributed by atoms with Crippen LogP contribution >= 0.6 is 23.2 Å². The van der Waals surface area contributed by atoms with Crippen molar-refractivity contribution < 1.29 is 24.6 Å². The molecular formula is C15H9Cl2NO5. The Labute approximate surface area is 140 Å². The third kappa shape index (κ3) is 3.80. The van der Waals surface area contributed by atoms with E-state index in [9.17, 15) is 14.4 Å². The van der Waals surface area contributed by atoms with Crippen molar-refractivity contribution in [3.8, 4) is 0 Å². The monoisotopic (exact) mass is 353 g/mol. The summed E-state index contributed by atoms with van der Waals surface area (Å²) in [5, 5.41) is 21.1. The number of aromatic carboxylic acids is 2. The molecule has 23 heavy (non-hydrogen) atoms. The number of carbonyl (C=O) groups is 3. The average Bonchev–Trinajstić information content (AvgIpc) is 2.50. The van der Waals surface area contributed by atoms with Gasteiger partial charge < -0.3 is 15.5 Å². The molecule has 0 bridgehead atoms. The summed E-state index contributed by atoms with van der Waals surface area (Å²) >= 11 is 11.7. The highest BCUT2D eigenvalue weighted by Crippen LogP contribution is 2.26. The molecule has 3 N–H and O–H groups in total. The number of benzene rings is 2. The zero-order chi connectivity index (χ0) is 17.1. The molecule has 0 unspecified atom stereocenters. The molecular weight excluding hydrogens is 345 g/mol. The van der Waals surface area contributed by atoms with Crippen LogP contribution in [-0.4, -0.2) is 28.1 Å². The number of carbonyl (C=O) groups excluding carboxylic acids is 1. The topological polar surface area (TPSA) is 104 Å². The number of halogens is 2. The van der Waals surface area contributed by atoms with Crippen LogP contribution in [0.15, 0.2) is 36.4 Å². The quantitative estimate of drug-likeness (QED) is 0.778. The van der Waals surface area contributed by atoms with Gasteiger partial charge in [0.2, 0.25) is 0 Å². The highest BCUT2D eigenvalue weighted by Gasteiger charge is 2.19. The lowest BCUT2D eigenvalue weighted by atomic mass is 10.0. The molecule has 0 saturated heterocycles.